The molecular formula is C15H17BP. The third kappa shape index (κ3) is 1.98. The molecular weight excluding hydrogens is 222 g/mol. The Morgan fingerprint density at radius 3 is 2.18 bits per heavy atom. The Morgan fingerprint density at radius 1 is 0.824 bits per heavy atom. The van der Waals surface area contributed by atoms with E-state index in [2.05, 4.69) is 61.4 Å². The molecule has 2 aromatic rings. The van der Waals surface area contributed by atoms with Gasteiger partial charge in [0.05, 0.1) is 0 Å². The fourth-order valence-electron chi connectivity index (χ4n) is 2.97. The number of hydrogen-bond acceptors (Lipinski definition) is 0. The van der Waals surface area contributed by atoms with Gasteiger partial charge in [-0.25, -0.2) is 0 Å². The molecule has 1 aliphatic rings. The Bertz CT molecular complexity index is 433. The summed E-state index contributed by atoms with van der Waals surface area (Å²) in [6, 6.07) is 17.8. The van der Waals surface area contributed by atoms with E-state index in [-0.39, 0.29) is 0 Å². The molecule has 0 unspecified atom stereocenters. The monoisotopic (exact) mass is 239 g/mol. The quantitative estimate of drug-likeness (QED) is 0.707. The van der Waals surface area contributed by atoms with Gasteiger partial charge in [0.1, 0.15) is 0 Å². The van der Waals surface area contributed by atoms with Crippen molar-refractivity contribution in [2.75, 3.05) is 12.3 Å². The molecule has 0 amide bonds. The van der Waals surface area contributed by atoms with E-state index < -0.39 is 7.26 Å². The number of rotatable bonds is 2. The van der Waals surface area contributed by atoms with Crippen molar-refractivity contribution in [3.05, 3.63) is 54.5 Å². The van der Waals surface area contributed by atoms with Gasteiger partial charge in [0, 0.05) is 0 Å². The summed E-state index contributed by atoms with van der Waals surface area (Å²) in [7, 11) is -1.05. The van der Waals surface area contributed by atoms with E-state index in [0.29, 0.717) is 0 Å². The SMILES string of the molecule is b1ccccc1[P]1(c2ccccc2)CCCC1. The molecule has 0 saturated carbocycles. The van der Waals surface area contributed by atoms with Crippen molar-refractivity contribution >= 4 is 24.7 Å². The molecule has 2 heterocycles. The van der Waals surface area contributed by atoms with Crippen LogP contribution < -0.4 is 10.5 Å². The Morgan fingerprint density at radius 2 is 1.53 bits per heavy atom. The third-order valence-corrected chi connectivity index (χ3v) is 8.56. The second kappa shape index (κ2) is 4.74. The topological polar surface area (TPSA) is 0 Å². The first-order chi connectivity index (χ1) is 8.42. The molecule has 1 aromatic carbocycles. The fourth-order valence-corrected chi connectivity index (χ4v) is 7.53. The zero-order valence-electron chi connectivity index (χ0n) is 10.0. The Hall–Kier alpha value is -0.935. The predicted octanol–water partition coefficient (Wildman–Crippen LogP) is 2.79. The molecule has 3 rings (SSSR count). The summed E-state index contributed by atoms with van der Waals surface area (Å²) in [6.07, 6.45) is 5.61. The van der Waals surface area contributed by atoms with Gasteiger partial charge >= 0.3 is 104 Å². The molecule has 0 N–H and O–H groups in total. The molecule has 0 spiro atoms. The Balaban J connectivity index is 2.11. The summed E-state index contributed by atoms with van der Waals surface area (Å²) in [5.41, 5.74) is 0. The molecule has 0 aliphatic carbocycles. The zero-order chi connectivity index (χ0) is 11.6. The summed E-state index contributed by atoms with van der Waals surface area (Å²) in [5.74, 6) is 2.19. The maximum absolute atomic E-state index is 2.34. The van der Waals surface area contributed by atoms with E-state index in [9.17, 15) is 0 Å². The van der Waals surface area contributed by atoms with Crippen molar-refractivity contribution in [3.8, 4) is 0 Å². The van der Waals surface area contributed by atoms with Gasteiger partial charge < -0.3 is 0 Å². The number of hydrogen-bond donors (Lipinski definition) is 0. The molecule has 0 atom stereocenters. The second-order valence-electron chi connectivity index (χ2n) is 4.79. The van der Waals surface area contributed by atoms with Crippen LogP contribution in [-0.2, 0) is 0 Å². The van der Waals surface area contributed by atoms with E-state index in [0.717, 1.165) is 0 Å². The first-order valence-electron chi connectivity index (χ1n) is 6.40. The minimum absolute atomic E-state index is 1.05. The fraction of sp³-hybridized carbons (Fsp3) is 0.267. The zero-order valence-corrected chi connectivity index (χ0v) is 10.9. The summed E-state index contributed by atoms with van der Waals surface area (Å²) in [6.45, 7) is 2.34. The summed E-state index contributed by atoms with van der Waals surface area (Å²) >= 11 is 0. The van der Waals surface area contributed by atoms with E-state index in [1.54, 1.807) is 10.5 Å². The molecule has 17 heavy (non-hydrogen) atoms. The molecule has 2 heteroatoms. The summed E-state index contributed by atoms with van der Waals surface area (Å²) < 4.78 is 0. The van der Waals surface area contributed by atoms with Crippen LogP contribution in [0.3, 0.4) is 0 Å². The van der Waals surface area contributed by atoms with E-state index in [1.165, 1.54) is 25.2 Å². The van der Waals surface area contributed by atoms with Gasteiger partial charge in [-0.2, -0.15) is 0 Å². The van der Waals surface area contributed by atoms with Crippen molar-refractivity contribution in [2.24, 2.45) is 0 Å². The van der Waals surface area contributed by atoms with Gasteiger partial charge in [-0.15, -0.1) is 0 Å². The van der Waals surface area contributed by atoms with Gasteiger partial charge in [-0.05, 0) is 0 Å². The summed E-state index contributed by atoms with van der Waals surface area (Å²) in [5, 5.41) is 3.20. The van der Waals surface area contributed by atoms with Crippen LogP contribution in [0.25, 0.3) is 0 Å². The molecule has 1 fully saturated rings. The van der Waals surface area contributed by atoms with Crippen molar-refractivity contribution < 1.29 is 0 Å². The van der Waals surface area contributed by atoms with E-state index in [4.69, 9.17) is 0 Å². The van der Waals surface area contributed by atoms with Crippen LogP contribution in [0.5, 0.6) is 0 Å². The molecule has 85 valence electrons. The van der Waals surface area contributed by atoms with E-state index >= 15 is 0 Å². The predicted molar refractivity (Wildman–Crippen MR) is 79.4 cm³/mol. The Kier molecular flexibility index (Phi) is 3.12. The van der Waals surface area contributed by atoms with Gasteiger partial charge in [-0.3, -0.25) is 0 Å². The standard InChI is InChI=1S/C15H17BP/c1-2-8-14(9-3-1)17(12-6-7-13-17)15-10-4-5-11-16-15/h1-5,8-11H,6-7,12-13H2. The van der Waals surface area contributed by atoms with Crippen LogP contribution in [0, 0.1) is 0 Å². The van der Waals surface area contributed by atoms with Gasteiger partial charge in [0.25, 0.3) is 0 Å². The molecule has 1 aliphatic heterocycles. The van der Waals surface area contributed by atoms with Crippen LogP contribution in [0.2, 0.25) is 0 Å². The first kappa shape index (κ1) is 11.2. The average Bonchev–Trinajstić information content (AvgIpc) is 2.91. The van der Waals surface area contributed by atoms with Crippen molar-refractivity contribution in [1.29, 1.82) is 0 Å². The van der Waals surface area contributed by atoms with Crippen LogP contribution in [0.1, 0.15) is 12.8 Å². The normalized spacial score (nSPS) is 17.9. The van der Waals surface area contributed by atoms with Gasteiger partial charge in [-0.1, -0.05) is 0 Å². The number of benzene rings is 1. The van der Waals surface area contributed by atoms with Gasteiger partial charge in [0.15, 0.2) is 0 Å². The van der Waals surface area contributed by atoms with Crippen molar-refractivity contribution in [1.82, 2.24) is 0 Å². The van der Waals surface area contributed by atoms with Crippen LogP contribution >= 0.6 is 7.26 Å². The molecule has 0 bridgehead atoms. The van der Waals surface area contributed by atoms with E-state index in [1.807, 2.05) is 0 Å². The summed E-state index contributed by atoms with van der Waals surface area (Å²) in [4.78, 5) is 0. The van der Waals surface area contributed by atoms with Crippen LogP contribution in [0.15, 0.2) is 54.5 Å². The van der Waals surface area contributed by atoms with Crippen molar-refractivity contribution in [2.45, 2.75) is 12.8 Å². The van der Waals surface area contributed by atoms with Gasteiger partial charge in [0.2, 0.25) is 0 Å². The molecule has 0 nitrogen and oxygen atoms in total. The maximum atomic E-state index is 2.34. The van der Waals surface area contributed by atoms with Crippen molar-refractivity contribution in [3.63, 3.8) is 0 Å². The Labute approximate surface area is 105 Å². The third-order valence-electron chi connectivity index (χ3n) is 3.83. The minimum atomic E-state index is -1.05. The van der Waals surface area contributed by atoms with Crippen LogP contribution in [0.4, 0.5) is 0 Å². The van der Waals surface area contributed by atoms with Crippen LogP contribution in [-0.4, -0.2) is 19.2 Å². The first-order valence-corrected chi connectivity index (χ1v) is 8.56. The second-order valence-corrected chi connectivity index (χ2v) is 8.66. The molecule has 1 saturated heterocycles. The average molecular weight is 239 g/mol. The molecule has 1 aromatic heterocycles. The molecule has 1 radical (unpaired) electrons.